The van der Waals surface area contributed by atoms with Gasteiger partial charge in [-0.1, -0.05) is 34.6 Å². The van der Waals surface area contributed by atoms with Crippen LogP contribution in [0, 0.1) is 11.3 Å². The molecule has 3 N–H and O–H groups in total. The molecule has 5 heteroatoms. The Morgan fingerprint density at radius 2 is 1.60 bits per heavy atom. The van der Waals surface area contributed by atoms with Crippen LogP contribution in [0.2, 0.25) is 0 Å². The zero-order valence-electron chi connectivity index (χ0n) is 13.6. The zero-order valence-corrected chi connectivity index (χ0v) is 13.6. The Labute approximate surface area is 122 Å². The molecule has 2 amide bonds. The van der Waals surface area contributed by atoms with Crippen LogP contribution in [-0.4, -0.2) is 29.2 Å². The second-order valence-electron chi connectivity index (χ2n) is 7.01. The van der Waals surface area contributed by atoms with Crippen molar-refractivity contribution in [2.24, 2.45) is 11.3 Å². The first-order valence-corrected chi connectivity index (χ1v) is 7.31. The number of hydrogen-bond acceptors (Lipinski definition) is 2. The summed E-state index contributed by atoms with van der Waals surface area (Å²) in [6, 6.07) is -0.595. The summed E-state index contributed by atoms with van der Waals surface area (Å²) in [6.07, 6.45) is 1.90. The molecule has 0 saturated carbocycles. The second-order valence-corrected chi connectivity index (χ2v) is 7.01. The van der Waals surface area contributed by atoms with Crippen molar-refractivity contribution in [1.82, 2.24) is 10.6 Å². The molecule has 0 aromatic heterocycles. The standard InChI is InChI=1S/C15H30N2O3/c1-10(2)7-8-11(3)16-14(20)17-12(9-13(18)19)15(4,5)6/h10-12H,7-9H2,1-6H3,(H,18,19)(H2,16,17,20). The number of carboxylic acid groups (broad SMARTS) is 1. The minimum absolute atomic E-state index is 0.0721. The first-order valence-electron chi connectivity index (χ1n) is 7.31. The molecule has 20 heavy (non-hydrogen) atoms. The molecule has 0 aliphatic rings. The summed E-state index contributed by atoms with van der Waals surface area (Å²) in [6.45, 7) is 12.0. The Morgan fingerprint density at radius 3 is 2.00 bits per heavy atom. The average molecular weight is 286 g/mol. The molecule has 0 spiro atoms. The number of amides is 2. The number of urea groups is 1. The molecular weight excluding hydrogens is 256 g/mol. The fourth-order valence-corrected chi connectivity index (χ4v) is 1.83. The van der Waals surface area contributed by atoms with E-state index in [1.807, 2.05) is 27.7 Å². The Kier molecular flexibility index (Phi) is 7.61. The van der Waals surface area contributed by atoms with Gasteiger partial charge < -0.3 is 15.7 Å². The highest BCUT2D eigenvalue weighted by Crippen LogP contribution is 2.21. The number of hydrogen-bond donors (Lipinski definition) is 3. The van der Waals surface area contributed by atoms with Crippen molar-refractivity contribution in [2.75, 3.05) is 0 Å². The van der Waals surface area contributed by atoms with E-state index in [0.29, 0.717) is 5.92 Å². The van der Waals surface area contributed by atoms with E-state index in [0.717, 1.165) is 12.8 Å². The average Bonchev–Trinajstić information content (AvgIpc) is 2.23. The van der Waals surface area contributed by atoms with E-state index in [2.05, 4.69) is 24.5 Å². The van der Waals surface area contributed by atoms with Crippen molar-refractivity contribution in [3.05, 3.63) is 0 Å². The maximum absolute atomic E-state index is 11.9. The molecule has 5 nitrogen and oxygen atoms in total. The lowest BCUT2D eigenvalue weighted by Gasteiger charge is -2.31. The monoisotopic (exact) mass is 286 g/mol. The first kappa shape index (κ1) is 18.7. The third-order valence-corrected chi connectivity index (χ3v) is 3.28. The van der Waals surface area contributed by atoms with Crippen molar-refractivity contribution in [3.8, 4) is 0 Å². The van der Waals surface area contributed by atoms with E-state index in [9.17, 15) is 9.59 Å². The van der Waals surface area contributed by atoms with Crippen LogP contribution in [0.3, 0.4) is 0 Å². The summed E-state index contributed by atoms with van der Waals surface area (Å²) in [7, 11) is 0. The maximum atomic E-state index is 11.9. The van der Waals surface area contributed by atoms with Gasteiger partial charge in [-0.05, 0) is 31.1 Å². The molecule has 118 valence electrons. The molecule has 0 radical (unpaired) electrons. The van der Waals surface area contributed by atoms with Crippen molar-refractivity contribution in [3.63, 3.8) is 0 Å². The highest BCUT2D eigenvalue weighted by Gasteiger charge is 2.28. The summed E-state index contributed by atoms with van der Waals surface area (Å²) in [5.41, 5.74) is -0.295. The fraction of sp³-hybridized carbons (Fsp3) is 0.867. The molecule has 0 aromatic rings. The molecule has 2 atom stereocenters. The van der Waals surface area contributed by atoms with Crippen LogP contribution in [0.25, 0.3) is 0 Å². The minimum Gasteiger partial charge on any atom is -0.481 e. The highest BCUT2D eigenvalue weighted by molar-refractivity contribution is 5.76. The van der Waals surface area contributed by atoms with E-state index in [1.54, 1.807) is 0 Å². The Bertz CT molecular complexity index is 322. The van der Waals surface area contributed by atoms with Crippen molar-refractivity contribution in [2.45, 2.75) is 72.9 Å². The predicted octanol–water partition coefficient (Wildman–Crippen LogP) is 3.00. The minimum atomic E-state index is -0.905. The molecule has 0 bridgehead atoms. The van der Waals surface area contributed by atoms with Gasteiger partial charge in [-0.2, -0.15) is 0 Å². The molecule has 0 aromatic carbocycles. The summed E-state index contributed by atoms with van der Waals surface area (Å²) in [5, 5.41) is 14.6. The molecule has 0 saturated heterocycles. The molecule has 0 aliphatic carbocycles. The smallest absolute Gasteiger partial charge is 0.315 e. The van der Waals surface area contributed by atoms with Gasteiger partial charge in [-0.15, -0.1) is 0 Å². The van der Waals surface area contributed by atoms with Crippen LogP contribution >= 0.6 is 0 Å². The topological polar surface area (TPSA) is 78.4 Å². The third-order valence-electron chi connectivity index (χ3n) is 3.28. The molecule has 2 unspecified atom stereocenters. The molecule has 0 aliphatic heterocycles. The normalized spacial score (nSPS) is 14.8. The predicted molar refractivity (Wildman–Crippen MR) is 80.7 cm³/mol. The van der Waals surface area contributed by atoms with Crippen molar-refractivity contribution < 1.29 is 14.7 Å². The van der Waals surface area contributed by atoms with Gasteiger partial charge in [0.25, 0.3) is 0 Å². The number of aliphatic carboxylic acids is 1. The van der Waals surface area contributed by atoms with Crippen molar-refractivity contribution in [1.29, 1.82) is 0 Å². The van der Waals surface area contributed by atoms with E-state index in [-0.39, 0.29) is 23.9 Å². The lowest BCUT2D eigenvalue weighted by atomic mass is 9.85. The van der Waals surface area contributed by atoms with Gasteiger partial charge in [0.05, 0.1) is 6.42 Å². The Morgan fingerprint density at radius 1 is 1.05 bits per heavy atom. The summed E-state index contributed by atoms with van der Waals surface area (Å²) in [4.78, 5) is 22.8. The molecular formula is C15H30N2O3. The Balaban J connectivity index is 4.35. The second kappa shape index (κ2) is 8.12. The van der Waals surface area contributed by atoms with Gasteiger partial charge in [0.2, 0.25) is 0 Å². The number of carbonyl (C=O) groups is 2. The Hall–Kier alpha value is -1.26. The quantitative estimate of drug-likeness (QED) is 0.673. The van der Waals surface area contributed by atoms with Gasteiger partial charge >= 0.3 is 12.0 Å². The van der Waals surface area contributed by atoms with Crippen LogP contribution in [0.15, 0.2) is 0 Å². The van der Waals surface area contributed by atoms with Gasteiger partial charge in [0.1, 0.15) is 0 Å². The highest BCUT2D eigenvalue weighted by atomic mass is 16.4. The van der Waals surface area contributed by atoms with Crippen LogP contribution < -0.4 is 10.6 Å². The van der Waals surface area contributed by atoms with Crippen LogP contribution in [0.1, 0.15) is 60.8 Å². The van der Waals surface area contributed by atoms with Gasteiger partial charge in [-0.25, -0.2) is 4.79 Å². The molecule has 0 rings (SSSR count). The van der Waals surface area contributed by atoms with Gasteiger partial charge in [-0.3, -0.25) is 4.79 Å². The lowest BCUT2D eigenvalue weighted by Crippen LogP contribution is -2.50. The summed E-state index contributed by atoms with van der Waals surface area (Å²) >= 11 is 0. The van der Waals surface area contributed by atoms with Crippen LogP contribution in [0.4, 0.5) is 4.79 Å². The van der Waals surface area contributed by atoms with Gasteiger partial charge in [0, 0.05) is 12.1 Å². The zero-order chi connectivity index (χ0) is 15.9. The van der Waals surface area contributed by atoms with E-state index in [4.69, 9.17) is 5.11 Å². The van der Waals surface area contributed by atoms with Gasteiger partial charge in [0.15, 0.2) is 0 Å². The van der Waals surface area contributed by atoms with Crippen molar-refractivity contribution >= 4 is 12.0 Å². The molecule has 0 fully saturated rings. The molecule has 0 heterocycles. The number of carboxylic acids is 1. The fourth-order valence-electron chi connectivity index (χ4n) is 1.83. The van der Waals surface area contributed by atoms with E-state index < -0.39 is 12.0 Å². The third kappa shape index (κ3) is 8.77. The number of rotatable bonds is 7. The van der Waals surface area contributed by atoms with Crippen LogP contribution in [0.5, 0.6) is 0 Å². The lowest BCUT2D eigenvalue weighted by molar-refractivity contribution is -0.138. The largest absolute Gasteiger partial charge is 0.481 e. The first-order chi connectivity index (χ1) is 9.02. The van der Waals surface area contributed by atoms with E-state index in [1.165, 1.54) is 0 Å². The number of nitrogens with one attached hydrogen (secondary N) is 2. The SMILES string of the molecule is CC(C)CCC(C)NC(=O)NC(CC(=O)O)C(C)(C)C. The maximum Gasteiger partial charge on any atom is 0.315 e. The number of carbonyl (C=O) groups excluding carboxylic acids is 1. The van der Waals surface area contributed by atoms with E-state index >= 15 is 0 Å². The summed E-state index contributed by atoms with van der Waals surface area (Å²) < 4.78 is 0. The summed E-state index contributed by atoms with van der Waals surface area (Å²) in [5.74, 6) is -0.297. The van der Waals surface area contributed by atoms with Crippen LogP contribution in [-0.2, 0) is 4.79 Å².